The highest BCUT2D eigenvalue weighted by molar-refractivity contribution is 5.93. The van der Waals surface area contributed by atoms with Crippen molar-refractivity contribution in [2.45, 2.75) is 38.6 Å². The second-order valence-corrected chi connectivity index (χ2v) is 8.11. The maximum atomic E-state index is 11.7. The fraction of sp³-hybridized carbons (Fsp3) is 0.360. The molecule has 1 fully saturated rings. The summed E-state index contributed by atoms with van der Waals surface area (Å²) < 4.78 is 7.36. The fourth-order valence-electron chi connectivity index (χ4n) is 4.38. The molecule has 0 radical (unpaired) electrons. The van der Waals surface area contributed by atoms with Gasteiger partial charge >= 0.3 is 0 Å². The Kier molecular flexibility index (Phi) is 6.19. The van der Waals surface area contributed by atoms with E-state index in [2.05, 4.69) is 34.2 Å². The van der Waals surface area contributed by atoms with E-state index >= 15 is 0 Å². The summed E-state index contributed by atoms with van der Waals surface area (Å²) in [5.41, 5.74) is 2.68. The Balaban J connectivity index is 1.58. The van der Waals surface area contributed by atoms with Crippen molar-refractivity contribution in [3.05, 3.63) is 42.4 Å². The van der Waals surface area contributed by atoms with E-state index in [9.17, 15) is 10.1 Å². The number of hydrogen-bond donors (Lipinski definition) is 1. The average molecular weight is 443 g/mol. The molecule has 0 aliphatic carbocycles. The smallest absolute Gasteiger partial charge is 0.296 e. The van der Waals surface area contributed by atoms with Crippen LogP contribution in [0.3, 0.4) is 0 Å². The summed E-state index contributed by atoms with van der Waals surface area (Å²) >= 11 is 0. The van der Waals surface area contributed by atoms with Gasteiger partial charge in [0.15, 0.2) is 0 Å². The first kappa shape index (κ1) is 22.2. The zero-order valence-electron chi connectivity index (χ0n) is 18.8. The van der Waals surface area contributed by atoms with Gasteiger partial charge in [-0.3, -0.25) is 4.79 Å². The maximum Gasteiger partial charge on any atom is 0.296 e. The van der Waals surface area contributed by atoms with Crippen LogP contribution >= 0.6 is 0 Å². The first-order valence-electron chi connectivity index (χ1n) is 11.1. The van der Waals surface area contributed by atoms with Gasteiger partial charge in [-0.1, -0.05) is 6.92 Å². The minimum absolute atomic E-state index is 0.263. The molecule has 3 aromatic heterocycles. The van der Waals surface area contributed by atoms with Gasteiger partial charge in [0.2, 0.25) is 0 Å². The number of nitrogens with zero attached hydrogens (tertiary/aromatic N) is 5. The summed E-state index contributed by atoms with van der Waals surface area (Å²) in [6, 6.07) is 8.12. The second kappa shape index (κ2) is 9.22. The normalized spacial score (nSPS) is 15.0. The van der Waals surface area contributed by atoms with Crippen LogP contribution in [0, 0.1) is 23.7 Å². The van der Waals surface area contributed by atoms with Crippen LogP contribution in [0.2, 0.25) is 0 Å². The monoisotopic (exact) mass is 442 g/mol. The largest absolute Gasteiger partial charge is 0.492 e. The van der Waals surface area contributed by atoms with E-state index in [4.69, 9.17) is 16.1 Å². The quantitative estimate of drug-likeness (QED) is 0.589. The molecule has 33 heavy (non-hydrogen) atoms. The Morgan fingerprint density at radius 3 is 2.70 bits per heavy atom. The van der Waals surface area contributed by atoms with Crippen molar-refractivity contribution in [3.8, 4) is 35.3 Å². The summed E-state index contributed by atoms with van der Waals surface area (Å²) in [5, 5.41) is 16.8. The standard InChI is InChI=1S/C25H26N6O2/c1-4-23(32)29-25(5-2)9-11-30(12-10-25)22-8-7-18(15-27-22)21-13-20(33-6-3)17-31-24(21)19(14-26)16-28-31/h1,7-8,13,15-17H,5-6,9-12H2,2-3H3,(H,29,32). The number of aromatic nitrogens is 3. The van der Waals surface area contributed by atoms with Gasteiger partial charge in [-0.05, 0) is 50.3 Å². The van der Waals surface area contributed by atoms with Gasteiger partial charge in [0.25, 0.3) is 5.91 Å². The number of carbonyl (C=O) groups excluding carboxylic acids is 1. The molecule has 0 unspecified atom stereocenters. The van der Waals surface area contributed by atoms with E-state index in [-0.39, 0.29) is 11.4 Å². The lowest BCUT2D eigenvalue weighted by Crippen LogP contribution is -2.55. The van der Waals surface area contributed by atoms with Crippen LogP contribution in [0.1, 0.15) is 38.7 Å². The summed E-state index contributed by atoms with van der Waals surface area (Å²) in [7, 11) is 0. The summed E-state index contributed by atoms with van der Waals surface area (Å²) in [5.74, 6) is 3.35. The van der Waals surface area contributed by atoms with Crippen molar-refractivity contribution in [1.82, 2.24) is 19.9 Å². The van der Waals surface area contributed by atoms with Crippen LogP contribution in [0.5, 0.6) is 5.75 Å². The molecule has 168 valence electrons. The Hall–Kier alpha value is -4.04. The number of nitrogens with one attached hydrogen (secondary N) is 1. The van der Waals surface area contributed by atoms with Crippen LogP contribution in [-0.2, 0) is 4.79 Å². The van der Waals surface area contributed by atoms with E-state index in [1.807, 2.05) is 31.3 Å². The molecule has 0 bridgehead atoms. The molecule has 4 rings (SSSR count). The SMILES string of the molecule is C#CC(=O)NC1(CC)CCN(c2ccc(-c3cc(OCC)cn4ncc(C#N)c34)cn2)CC1. The van der Waals surface area contributed by atoms with Crippen molar-refractivity contribution in [1.29, 1.82) is 5.26 Å². The van der Waals surface area contributed by atoms with Crippen molar-refractivity contribution in [2.24, 2.45) is 0 Å². The lowest BCUT2D eigenvalue weighted by atomic mass is 9.85. The molecule has 4 heterocycles. The zero-order chi connectivity index (χ0) is 23.4. The highest BCUT2D eigenvalue weighted by Crippen LogP contribution is 2.32. The van der Waals surface area contributed by atoms with E-state index in [1.54, 1.807) is 16.9 Å². The molecule has 8 nitrogen and oxygen atoms in total. The number of nitriles is 1. The molecule has 0 saturated carbocycles. The van der Waals surface area contributed by atoms with Gasteiger partial charge in [0, 0.05) is 36.0 Å². The Morgan fingerprint density at radius 1 is 1.30 bits per heavy atom. The second-order valence-electron chi connectivity index (χ2n) is 8.11. The lowest BCUT2D eigenvalue weighted by molar-refractivity contribution is -0.117. The third-order valence-corrected chi connectivity index (χ3v) is 6.31. The first-order chi connectivity index (χ1) is 16.0. The van der Waals surface area contributed by atoms with Gasteiger partial charge in [0.1, 0.15) is 17.6 Å². The van der Waals surface area contributed by atoms with Gasteiger partial charge in [-0.2, -0.15) is 10.4 Å². The topological polar surface area (TPSA) is 95.5 Å². The van der Waals surface area contributed by atoms with Gasteiger partial charge < -0.3 is 15.0 Å². The molecule has 0 spiro atoms. The molecule has 1 amide bonds. The maximum absolute atomic E-state index is 11.7. The molecular weight excluding hydrogens is 416 g/mol. The molecule has 3 aromatic rings. The van der Waals surface area contributed by atoms with Crippen molar-refractivity contribution in [3.63, 3.8) is 0 Å². The van der Waals surface area contributed by atoms with E-state index in [1.165, 1.54) is 0 Å². The van der Waals surface area contributed by atoms with Crippen LogP contribution in [0.15, 0.2) is 36.8 Å². The van der Waals surface area contributed by atoms with Crippen molar-refractivity contribution in [2.75, 3.05) is 24.6 Å². The first-order valence-corrected chi connectivity index (χ1v) is 11.1. The third-order valence-electron chi connectivity index (χ3n) is 6.31. The van der Waals surface area contributed by atoms with Crippen molar-refractivity contribution < 1.29 is 9.53 Å². The number of rotatable bonds is 6. The molecule has 0 atom stereocenters. The minimum Gasteiger partial charge on any atom is -0.492 e. The predicted molar refractivity (Wildman–Crippen MR) is 126 cm³/mol. The number of piperidine rings is 1. The fourth-order valence-corrected chi connectivity index (χ4v) is 4.38. The molecule has 1 aliphatic heterocycles. The molecule has 1 N–H and O–H groups in total. The van der Waals surface area contributed by atoms with Crippen LogP contribution in [0.25, 0.3) is 16.6 Å². The lowest BCUT2D eigenvalue weighted by Gasteiger charge is -2.42. The summed E-state index contributed by atoms with van der Waals surface area (Å²) in [6.07, 6.45) is 12.8. The summed E-state index contributed by atoms with van der Waals surface area (Å²) in [6.45, 7) is 6.08. The van der Waals surface area contributed by atoms with E-state index in [0.717, 1.165) is 54.8 Å². The Bertz CT molecular complexity index is 1240. The van der Waals surface area contributed by atoms with Gasteiger partial charge in [-0.15, -0.1) is 6.42 Å². The Labute approximate surface area is 193 Å². The number of pyridine rings is 2. The highest BCUT2D eigenvalue weighted by Gasteiger charge is 2.34. The predicted octanol–water partition coefficient (Wildman–Crippen LogP) is 3.17. The number of anilines is 1. The van der Waals surface area contributed by atoms with Crippen molar-refractivity contribution >= 4 is 17.2 Å². The number of hydrogen-bond acceptors (Lipinski definition) is 6. The molecule has 0 aromatic carbocycles. The number of terminal acetylenes is 1. The minimum atomic E-state index is -0.356. The van der Waals surface area contributed by atoms with Crippen LogP contribution in [-0.4, -0.2) is 45.7 Å². The van der Waals surface area contributed by atoms with Gasteiger partial charge in [0.05, 0.1) is 30.1 Å². The molecular formula is C25H26N6O2. The Morgan fingerprint density at radius 2 is 2.09 bits per heavy atom. The van der Waals surface area contributed by atoms with E-state index < -0.39 is 0 Å². The third kappa shape index (κ3) is 4.33. The number of carbonyl (C=O) groups is 1. The van der Waals surface area contributed by atoms with Gasteiger partial charge in [-0.25, -0.2) is 9.50 Å². The van der Waals surface area contributed by atoms with E-state index in [0.29, 0.717) is 17.9 Å². The van der Waals surface area contributed by atoms with Crippen LogP contribution in [0.4, 0.5) is 5.82 Å². The molecule has 8 heteroatoms. The summed E-state index contributed by atoms with van der Waals surface area (Å²) in [4.78, 5) is 18.7. The zero-order valence-corrected chi connectivity index (χ0v) is 18.8. The highest BCUT2D eigenvalue weighted by atomic mass is 16.5. The number of amides is 1. The average Bonchev–Trinajstić information content (AvgIpc) is 3.27. The number of fused-ring (bicyclic) bond motifs is 1. The molecule has 1 aliphatic rings. The van der Waals surface area contributed by atoms with Crippen LogP contribution < -0.4 is 15.0 Å². The number of ether oxygens (including phenoxy) is 1. The molecule has 1 saturated heterocycles.